The lowest BCUT2D eigenvalue weighted by Gasteiger charge is -2.09. The second-order valence-corrected chi connectivity index (χ2v) is 4.16. The topological polar surface area (TPSA) is 30.5 Å². The molecule has 0 aliphatic heterocycles. The Labute approximate surface area is 114 Å². The third-order valence-electron chi connectivity index (χ3n) is 2.80. The predicted molar refractivity (Wildman–Crippen MR) is 77.9 cm³/mol. The highest BCUT2D eigenvalue weighted by atomic mass is 16.5. The summed E-state index contributed by atoms with van der Waals surface area (Å²) in [5.41, 5.74) is 2.27. The minimum absolute atomic E-state index is 0.682. The minimum Gasteiger partial charge on any atom is -0.497 e. The van der Waals surface area contributed by atoms with Crippen molar-refractivity contribution in [2.45, 2.75) is 13.5 Å². The lowest BCUT2D eigenvalue weighted by Crippen LogP contribution is -2.00. The van der Waals surface area contributed by atoms with Crippen molar-refractivity contribution in [1.29, 1.82) is 0 Å². The van der Waals surface area contributed by atoms with E-state index in [1.54, 1.807) is 7.11 Å². The number of anilines is 1. The Kier molecular flexibility index (Phi) is 4.67. The fraction of sp³-hybridized carbons (Fsp3) is 0.250. The van der Waals surface area contributed by atoms with Gasteiger partial charge in [-0.1, -0.05) is 18.2 Å². The van der Waals surface area contributed by atoms with Crippen molar-refractivity contribution in [2.24, 2.45) is 0 Å². The van der Waals surface area contributed by atoms with Crippen molar-refractivity contribution < 1.29 is 9.47 Å². The highest BCUT2D eigenvalue weighted by molar-refractivity contribution is 5.48. The highest BCUT2D eigenvalue weighted by Gasteiger charge is 1.97. The molecule has 0 aromatic heterocycles. The Morgan fingerprint density at radius 1 is 1.00 bits per heavy atom. The molecule has 0 heterocycles. The van der Waals surface area contributed by atoms with Crippen molar-refractivity contribution in [1.82, 2.24) is 0 Å². The predicted octanol–water partition coefficient (Wildman–Crippen LogP) is 3.71. The van der Waals surface area contributed by atoms with Gasteiger partial charge in [0.1, 0.15) is 11.5 Å². The SMILES string of the molecule is CCOc1cccc(NCc2ccc(OC)cc2)c1. The molecule has 0 aliphatic rings. The molecule has 3 nitrogen and oxygen atoms in total. The first-order chi connectivity index (χ1) is 9.31. The van der Waals surface area contributed by atoms with Gasteiger partial charge in [-0.25, -0.2) is 0 Å². The van der Waals surface area contributed by atoms with Gasteiger partial charge in [0, 0.05) is 18.3 Å². The Bertz CT molecular complexity index is 508. The average molecular weight is 257 g/mol. The summed E-state index contributed by atoms with van der Waals surface area (Å²) in [6.07, 6.45) is 0. The van der Waals surface area contributed by atoms with Gasteiger partial charge in [-0.2, -0.15) is 0 Å². The second kappa shape index (κ2) is 6.69. The van der Waals surface area contributed by atoms with Crippen molar-refractivity contribution >= 4 is 5.69 Å². The Morgan fingerprint density at radius 2 is 1.79 bits per heavy atom. The third-order valence-corrected chi connectivity index (χ3v) is 2.80. The molecule has 19 heavy (non-hydrogen) atoms. The Morgan fingerprint density at radius 3 is 2.47 bits per heavy atom. The van der Waals surface area contributed by atoms with Crippen LogP contribution in [0, 0.1) is 0 Å². The zero-order valence-corrected chi connectivity index (χ0v) is 11.3. The molecule has 0 saturated carbocycles. The molecule has 3 heteroatoms. The molecule has 0 atom stereocenters. The van der Waals surface area contributed by atoms with Crippen LogP contribution < -0.4 is 14.8 Å². The summed E-state index contributed by atoms with van der Waals surface area (Å²) in [4.78, 5) is 0. The summed E-state index contributed by atoms with van der Waals surface area (Å²) in [5, 5.41) is 3.38. The number of methoxy groups -OCH3 is 1. The Balaban J connectivity index is 1.95. The van der Waals surface area contributed by atoms with Crippen LogP contribution in [0.15, 0.2) is 48.5 Å². The molecular weight excluding hydrogens is 238 g/mol. The first-order valence-electron chi connectivity index (χ1n) is 6.41. The number of hydrogen-bond acceptors (Lipinski definition) is 3. The second-order valence-electron chi connectivity index (χ2n) is 4.16. The fourth-order valence-corrected chi connectivity index (χ4v) is 1.81. The zero-order valence-electron chi connectivity index (χ0n) is 11.3. The van der Waals surface area contributed by atoms with Crippen LogP contribution in [-0.4, -0.2) is 13.7 Å². The maximum absolute atomic E-state index is 5.47. The van der Waals surface area contributed by atoms with Crippen LogP contribution in [-0.2, 0) is 6.54 Å². The molecule has 0 aliphatic carbocycles. The molecule has 0 radical (unpaired) electrons. The van der Waals surface area contributed by atoms with Gasteiger partial charge in [-0.05, 0) is 36.8 Å². The molecule has 0 saturated heterocycles. The summed E-state index contributed by atoms with van der Waals surface area (Å²) >= 11 is 0. The van der Waals surface area contributed by atoms with Crippen LogP contribution in [0.2, 0.25) is 0 Å². The van der Waals surface area contributed by atoms with E-state index in [1.165, 1.54) is 5.56 Å². The zero-order chi connectivity index (χ0) is 13.5. The van der Waals surface area contributed by atoms with Crippen LogP contribution in [0.1, 0.15) is 12.5 Å². The average Bonchev–Trinajstić information content (AvgIpc) is 2.46. The van der Waals surface area contributed by atoms with E-state index in [0.29, 0.717) is 6.61 Å². The van der Waals surface area contributed by atoms with Crippen molar-refractivity contribution in [3.8, 4) is 11.5 Å². The van der Waals surface area contributed by atoms with Gasteiger partial charge in [0.2, 0.25) is 0 Å². The van der Waals surface area contributed by atoms with Gasteiger partial charge >= 0.3 is 0 Å². The summed E-state index contributed by atoms with van der Waals surface area (Å²) in [5.74, 6) is 1.77. The van der Waals surface area contributed by atoms with E-state index in [4.69, 9.17) is 9.47 Å². The highest BCUT2D eigenvalue weighted by Crippen LogP contribution is 2.18. The molecule has 0 bridgehead atoms. The van der Waals surface area contributed by atoms with Gasteiger partial charge in [-0.15, -0.1) is 0 Å². The molecule has 0 amide bonds. The van der Waals surface area contributed by atoms with Crippen molar-refractivity contribution in [2.75, 3.05) is 19.0 Å². The standard InChI is InChI=1S/C16H19NO2/c1-3-19-16-6-4-5-14(11-16)17-12-13-7-9-15(18-2)10-8-13/h4-11,17H,3,12H2,1-2H3. The molecule has 0 unspecified atom stereocenters. The van der Waals surface area contributed by atoms with E-state index in [2.05, 4.69) is 17.4 Å². The first kappa shape index (κ1) is 13.3. The molecular formula is C16H19NO2. The van der Waals surface area contributed by atoms with E-state index in [1.807, 2.05) is 43.3 Å². The number of rotatable bonds is 6. The van der Waals surface area contributed by atoms with Gasteiger partial charge in [0.15, 0.2) is 0 Å². The molecule has 1 N–H and O–H groups in total. The number of hydrogen-bond donors (Lipinski definition) is 1. The van der Waals surface area contributed by atoms with Crippen LogP contribution in [0.3, 0.4) is 0 Å². The molecule has 0 fully saturated rings. The van der Waals surface area contributed by atoms with Crippen molar-refractivity contribution in [3.63, 3.8) is 0 Å². The molecule has 2 aromatic carbocycles. The van der Waals surface area contributed by atoms with Gasteiger partial charge in [0.05, 0.1) is 13.7 Å². The van der Waals surface area contributed by atoms with Crippen LogP contribution in [0.25, 0.3) is 0 Å². The Hall–Kier alpha value is -2.16. The van der Waals surface area contributed by atoms with Crippen LogP contribution in [0.4, 0.5) is 5.69 Å². The van der Waals surface area contributed by atoms with E-state index < -0.39 is 0 Å². The molecule has 0 spiro atoms. The number of nitrogens with one attached hydrogen (secondary N) is 1. The maximum Gasteiger partial charge on any atom is 0.121 e. The van der Waals surface area contributed by atoms with E-state index >= 15 is 0 Å². The summed E-state index contributed by atoms with van der Waals surface area (Å²) in [6.45, 7) is 3.44. The fourth-order valence-electron chi connectivity index (χ4n) is 1.81. The number of ether oxygens (including phenoxy) is 2. The third kappa shape index (κ3) is 3.91. The summed E-state index contributed by atoms with van der Waals surface area (Å²) < 4.78 is 10.6. The molecule has 2 rings (SSSR count). The smallest absolute Gasteiger partial charge is 0.121 e. The van der Waals surface area contributed by atoms with Gasteiger partial charge < -0.3 is 14.8 Å². The van der Waals surface area contributed by atoms with Crippen molar-refractivity contribution in [3.05, 3.63) is 54.1 Å². The summed E-state index contributed by atoms with van der Waals surface area (Å²) in [7, 11) is 1.67. The normalized spacial score (nSPS) is 10.0. The largest absolute Gasteiger partial charge is 0.497 e. The van der Waals surface area contributed by atoms with Gasteiger partial charge in [0.25, 0.3) is 0 Å². The number of benzene rings is 2. The molecule has 100 valence electrons. The maximum atomic E-state index is 5.47. The van der Waals surface area contributed by atoms with E-state index in [0.717, 1.165) is 23.7 Å². The minimum atomic E-state index is 0.682. The molecule has 2 aromatic rings. The lowest BCUT2D eigenvalue weighted by atomic mass is 10.2. The lowest BCUT2D eigenvalue weighted by molar-refractivity contribution is 0.340. The summed E-state index contributed by atoms with van der Waals surface area (Å²) in [6, 6.07) is 16.0. The van der Waals surface area contributed by atoms with Crippen LogP contribution >= 0.6 is 0 Å². The quantitative estimate of drug-likeness (QED) is 0.855. The van der Waals surface area contributed by atoms with Gasteiger partial charge in [-0.3, -0.25) is 0 Å². The van der Waals surface area contributed by atoms with E-state index in [9.17, 15) is 0 Å². The van der Waals surface area contributed by atoms with E-state index in [-0.39, 0.29) is 0 Å². The van der Waals surface area contributed by atoms with Crippen LogP contribution in [0.5, 0.6) is 11.5 Å². The monoisotopic (exact) mass is 257 g/mol. The first-order valence-corrected chi connectivity index (χ1v) is 6.41.